The third-order valence-electron chi connectivity index (χ3n) is 2.67. The Labute approximate surface area is 91.0 Å². The topological polar surface area (TPSA) is 21.6 Å². The van der Waals surface area contributed by atoms with Gasteiger partial charge in [-0.3, -0.25) is 0 Å². The van der Waals surface area contributed by atoms with Crippen LogP contribution in [0.25, 0.3) is 0 Å². The minimum atomic E-state index is 0.557. The molecule has 0 spiro atoms. The van der Waals surface area contributed by atoms with Crippen molar-refractivity contribution < 1.29 is 4.74 Å². The maximum Gasteiger partial charge on any atom is 0.193 e. The van der Waals surface area contributed by atoms with Gasteiger partial charge in [0.2, 0.25) is 0 Å². The lowest BCUT2D eigenvalue weighted by Crippen LogP contribution is -2.03. The van der Waals surface area contributed by atoms with Gasteiger partial charge in [-0.05, 0) is 30.0 Å². The van der Waals surface area contributed by atoms with Crippen LogP contribution in [0, 0.1) is 0 Å². The highest BCUT2D eigenvalue weighted by molar-refractivity contribution is 5.87. The first-order valence-electron chi connectivity index (χ1n) is 5.54. The van der Waals surface area contributed by atoms with Crippen molar-refractivity contribution in [2.24, 2.45) is 4.99 Å². The zero-order chi connectivity index (χ0) is 10.8. The van der Waals surface area contributed by atoms with E-state index in [-0.39, 0.29) is 0 Å². The third kappa shape index (κ3) is 2.04. The molecule has 0 saturated carbocycles. The number of aliphatic imine (C=N–C) groups is 1. The minimum Gasteiger partial charge on any atom is -0.481 e. The predicted molar refractivity (Wildman–Crippen MR) is 63.0 cm³/mol. The van der Waals surface area contributed by atoms with Crippen LogP contribution in [-0.4, -0.2) is 12.5 Å². The maximum absolute atomic E-state index is 5.44. The molecule has 0 aliphatic carbocycles. The molecule has 2 nitrogen and oxygen atoms in total. The first-order chi connectivity index (χ1) is 7.20. The summed E-state index contributed by atoms with van der Waals surface area (Å²) in [5.74, 6) is 1.41. The molecule has 0 radical (unpaired) electrons. The number of nitrogens with zero attached hydrogens (tertiary/aromatic N) is 1. The molecule has 80 valence electrons. The molecule has 0 amide bonds. The number of hydrogen-bond donors (Lipinski definition) is 0. The Hall–Kier alpha value is -1.31. The average Bonchev–Trinajstić information content (AvgIpc) is 2.59. The van der Waals surface area contributed by atoms with Crippen LogP contribution in [0.5, 0.6) is 0 Å². The molecule has 0 unspecified atom stereocenters. The van der Waals surface area contributed by atoms with Gasteiger partial charge < -0.3 is 4.74 Å². The van der Waals surface area contributed by atoms with Gasteiger partial charge in [-0.1, -0.05) is 26.0 Å². The monoisotopic (exact) mass is 203 g/mol. The molecule has 1 aromatic rings. The Kier molecular flexibility index (Phi) is 2.76. The van der Waals surface area contributed by atoms with Crippen LogP contribution in [0.1, 0.15) is 37.8 Å². The number of rotatable bonds is 2. The van der Waals surface area contributed by atoms with E-state index in [2.05, 4.69) is 37.0 Å². The molecule has 0 aromatic heterocycles. The Morgan fingerprint density at radius 2 is 2.20 bits per heavy atom. The highest BCUT2D eigenvalue weighted by atomic mass is 16.5. The molecule has 2 rings (SSSR count). The fourth-order valence-corrected chi connectivity index (χ4v) is 1.78. The van der Waals surface area contributed by atoms with Gasteiger partial charge in [-0.2, -0.15) is 0 Å². The Bertz CT molecular complexity index is 394. The van der Waals surface area contributed by atoms with Gasteiger partial charge in [-0.25, -0.2) is 4.99 Å². The molecule has 0 fully saturated rings. The summed E-state index contributed by atoms with van der Waals surface area (Å²) < 4.78 is 5.44. The highest BCUT2D eigenvalue weighted by Gasteiger charge is 2.16. The summed E-state index contributed by atoms with van der Waals surface area (Å²) in [7, 11) is 0. The van der Waals surface area contributed by atoms with Gasteiger partial charge in [0.05, 0.1) is 18.7 Å². The first-order valence-corrected chi connectivity index (χ1v) is 5.54. The van der Waals surface area contributed by atoms with Crippen molar-refractivity contribution in [3.8, 4) is 0 Å². The summed E-state index contributed by atoms with van der Waals surface area (Å²) in [6, 6.07) is 6.53. The molecule has 1 heterocycles. The Morgan fingerprint density at radius 3 is 2.87 bits per heavy atom. The van der Waals surface area contributed by atoms with Crippen LogP contribution in [0.3, 0.4) is 0 Å². The smallest absolute Gasteiger partial charge is 0.193 e. The summed E-state index contributed by atoms with van der Waals surface area (Å²) in [5, 5.41) is 0. The predicted octanol–water partition coefficient (Wildman–Crippen LogP) is 3.43. The molecule has 1 aliphatic heterocycles. The zero-order valence-corrected chi connectivity index (χ0v) is 9.58. The van der Waals surface area contributed by atoms with Crippen LogP contribution in [0.2, 0.25) is 0 Å². The molecule has 1 aromatic carbocycles. The second-order valence-electron chi connectivity index (χ2n) is 4.16. The minimum absolute atomic E-state index is 0.557. The van der Waals surface area contributed by atoms with Crippen LogP contribution >= 0.6 is 0 Å². The SMILES string of the molecule is CCOC1=Nc2cc(C(C)C)ccc2C1. The fraction of sp³-hybridized carbons (Fsp3) is 0.462. The van der Waals surface area contributed by atoms with Gasteiger partial charge in [0.15, 0.2) is 5.90 Å². The number of hydrogen-bond acceptors (Lipinski definition) is 2. The van der Waals surface area contributed by atoms with Crippen molar-refractivity contribution in [1.29, 1.82) is 0 Å². The molecule has 15 heavy (non-hydrogen) atoms. The van der Waals surface area contributed by atoms with E-state index in [9.17, 15) is 0 Å². The summed E-state index contributed by atoms with van der Waals surface area (Å²) in [5.41, 5.74) is 3.71. The lowest BCUT2D eigenvalue weighted by Gasteiger charge is -2.05. The summed E-state index contributed by atoms with van der Waals surface area (Å²) >= 11 is 0. The summed E-state index contributed by atoms with van der Waals surface area (Å²) in [6.45, 7) is 7.09. The van der Waals surface area contributed by atoms with Crippen molar-refractivity contribution in [3.05, 3.63) is 29.3 Å². The molecule has 1 aliphatic rings. The van der Waals surface area contributed by atoms with Crippen LogP contribution in [0.15, 0.2) is 23.2 Å². The Balaban J connectivity index is 2.26. The fourth-order valence-electron chi connectivity index (χ4n) is 1.78. The van der Waals surface area contributed by atoms with Crippen molar-refractivity contribution in [3.63, 3.8) is 0 Å². The van der Waals surface area contributed by atoms with E-state index in [1.54, 1.807) is 0 Å². The summed E-state index contributed by atoms with van der Waals surface area (Å²) in [4.78, 5) is 4.48. The molecule has 0 saturated heterocycles. The standard InChI is InChI=1S/C13H17NO/c1-4-15-13-8-11-6-5-10(9(2)3)7-12(11)14-13/h5-7,9H,4,8H2,1-3H3. The third-order valence-corrected chi connectivity index (χ3v) is 2.67. The maximum atomic E-state index is 5.44. The van der Waals surface area contributed by atoms with E-state index in [1.165, 1.54) is 11.1 Å². The van der Waals surface area contributed by atoms with E-state index in [0.29, 0.717) is 12.5 Å². The number of ether oxygens (including phenoxy) is 1. The largest absolute Gasteiger partial charge is 0.481 e. The summed E-state index contributed by atoms with van der Waals surface area (Å²) in [6.07, 6.45) is 0.849. The van der Waals surface area contributed by atoms with E-state index in [1.807, 2.05) is 6.92 Å². The van der Waals surface area contributed by atoms with Crippen molar-refractivity contribution in [1.82, 2.24) is 0 Å². The Morgan fingerprint density at radius 1 is 1.40 bits per heavy atom. The van der Waals surface area contributed by atoms with Crippen molar-refractivity contribution >= 4 is 11.6 Å². The van der Waals surface area contributed by atoms with Gasteiger partial charge in [0, 0.05) is 0 Å². The van der Waals surface area contributed by atoms with E-state index < -0.39 is 0 Å². The lowest BCUT2D eigenvalue weighted by atomic mass is 10.0. The zero-order valence-electron chi connectivity index (χ0n) is 9.58. The van der Waals surface area contributed by atoms with Crippen molar-refractivity contribution in [2.45, 2.75) is 33.1 Å². The normalized spacial score (nSPS) is 14.0. The van der Waals surface area contributed by atoms with Gasteiger partial charge in [-0.15, -0.1) is 0 Å². The number of fused-ring (bicyclic) bond motifs is 1. The molecule has 0 N–H and O–H groups in total. The molecule has 0 atom stereocenters. The average molecular weight is 203 g/mol. The van der Waals surface area contributed by atoms with Crippen LogP contribution in [-0.2, 0) is 11.2 Å². The molecule has 2 heteroatoms. The van der Waals surface area contributed by atoms with E-state index >= 15 is 0 Å². The van der Waals surface area contributed by atoms with Gasteiger partial charge >= 0.3 is 0 Å². The second kappa shape index (κ2) is 4.05. The molecular weight excluding hydrogens is 186 g/mol. The van der Waals surface area contributed by atoms with E-state index in [4.69, 9.17) is 4.74 Å². The van der Waals surface area contributed by atoms with Crippen molar-refractivity contribution in [2.75, 3.05) is 6.61 Å². The first kappa shape index (κ1) is 10.2. The molecular formula is C13H17NO. The highest BCUT2D eigenvalue weighted by Crippen LogP contribution is 2.30. The number of benzene rings is 1. The van der Waals surface area contributed by atoms with Crippen LogP contribution < -0.4 is 0 Å². The lowest BCUT2D eigenvalue weighted by molar-refractivity contribution is 0.322. The van der Waals surface area contributed by atoms with Gasteiger partial charge in [0.1, 0.15) is 0 Å². The molecule has 0 bridgehead atoms. The quantitative estimate of drug-likeness (QED) is 0.721. The van der Waals surface area contributed by atoms with Crippen LogP contribution in [0.4, 0.5) is 5.69 Å². The van der Waals surface area contributed by atoms with Gasteiger partial charge in [0.25, 0.3) is 0 Å². The van der Waals surface area contributed by atoms with E-state index in [0.717, 1.165) is 18.0 Å². The second-order valence-corrected chi connectivity index (χ2v) is 4.16.